The van der Waals surface area contributed by atoms with Crippen LogP contribution in [-0.2, 0) is 11.5 Å². The van der Waals surface area contributed by atoms with Gasteiger partial charge in [-0.05, 0) is 23.8 Å². The Bertz CT molecular complexity index is 715. The summed E-state index contributed by atoms with van der Waals surface area (Å²) in [6.07, 6.45) is 0. The second-order valence-corrected chi connectivity index (χ2v) is 6.39. The summed E-state index contributed by atoms with van der Waals surface area (Å²) in [7, 11) is 0. The highest BCUT2D eigenvalue weighted by atomic mass is 79.9. The normalized spacial score (nSPS) is 10.7. The molecule has 1 heterocycles. The predicted molar refractivity (Wildman–Crippen MR) is 88.9 cm³/mol. The van der Waals surface area contributed by atoms with E-state index < -0.39 is 0 Å². The van der Waals surface area contributed by atoms with Crippen LogP contribution in [0.15, 0.2) is 63.5 Å². The molecule has 0 amide bonds. The number of hydrogen-bond acceptors (Lipinski definition) is 4. The van der Waals surface area contributed by atoms with Crippen LogP contribution in [0.5, 0.6) is 0 Å². The van der Waals surface area contributed by atoms with Crippen molar-refractivity contribution >= 4 is 27.7 Å². The first-order chi connectivity index (χ1) is 10.3. The topological polar surface area (TPSA) is 38.9 Å². The maximum absolute atomic E-state index is 5.70. The molecule has 21 heavy (non-hydrogen) atoms. The standard InChI is InChI=1S/C16H13BrN2OS/c17-14-8-4-7-13(9-14)16-19-18-15(20-16)11-21-10-12-5-2-1-3-6-12/h1-9H,10-11H2. The van der Waals surface area contributed by atoms with Gasteiger partial charge in [-0.3, -0.25) is 0 Å². The molecular weight excluding hydrogens is 348 g/mol. The minimum Gasteiger partial charge on any atom is -0.420 e. The second-order valence-electron chi connectivity index (χ2n) is 4.49. The molecule has 0 spiro atoms. The van der Waals surface area contributed by atoms with Gasteiger partial charge in [0.05, 0.1) is 5.75 Å². The number of nitrogens with zero attached hydrogens (tertiary/aromatic N) is 2. The summed E-state index contributed by atoms with van der Waals surface area (Å²) < 4.78 is 6.70. The smallest absolute Gasteiger partial charge is 0.247 e. The van der Waals surface area contributed by atoms with Crippen LogP contribution in [0.2, 0.25) is 0 Å². The molecule has 1 aromatic heterocycles. The summed E-state index contributed by atoms with van der Waals surface area (Å²) in [5.41, 5.74) is 2.23. The van der Waals surface area contributed by atoms with E-state index in [4.69, 9.17) is 4.42 Å². The lowest BCUT2D eigenvalue weighted by Crippen LogP contribution is -1.83. The van der Waals surface area contributed by atoms with Gasteiger partial charge in [0.2, 0.25) is 11.8 Å². The molecule has 5 heteroatoms. The maximum atomic E-state index is 5.70. The number of aromatic nitrogens is 2. The molecule has 0 bridgehead atoms. The maximum Gasteiger partial charge on any atom is 0.247 e. The van der Waals surface area contributed by atoms with Gasteiger partial charge in [0.1, 0.15) is 0 Å². The van der Waals surface area contributed by atoms with Gasteiger partial charge in [0, 0.05) is 15.8 Å². The monoisotopic (exact) mass is 360 g/mol. The van der Waals surface area contributed by atoms with E-state index in [0.29, 0.717) is 11.8 Å². The minimum atomic E-state index is 0.562. The first kappa shape index (κ1) is 14.4. The fourth-order valence-electron chi connectivity index (χ4n) is 1.88. The summed E-state index contributed by atoms with van der Waals surface area (Å²) in [6.45, 7) is 0. The molecule has 0 N–H and O–H groups in total. The number of halogens is 1. The molecule has 0 saturated carbocycles. The van der Waals surface area contributed by atoms with Gasteiger partial charge in [-0.25, -0.2) is 0 Å². The van der Waals surface area contributed by atoms with Crippen LogP contribution in [0.25, 0.3) is 11.5 Å². The van der Waals surface area contributed by atoms with Gasteiger partial charge in [-0.1, -0.05) is 52.3 Å². The van der Waals surface area contributed by atoms with Crippen LogP contribution >= 0.6 is 27.7 Å². The summed E-state index contributed by atoms with van der Waals surface area (Å²) in [6, 6.07) is 18.2. The fourth-order valence-corrected chi connectivity index (χ4v) is 3.10. The Balaban J connectivity index is 1.60. The third-order valence-electron chi connectivity index (χ3n) is 2.88. The van der Waals surface area contributed by atoms with Gasteiger partial charge >= 0.3 is 0 Å². The van der Waals surface area contributed by atoms with Crippen molar-refractivity contribution in [2.75, 3.05) is 0 Å². The molecule has 0 aliphatic rings. The zero-order valence-electron chi connectivity index (χ0n) is 11.2. The van der Waals surface area contributed by atoms with Crippen LogP contribution in [0.3, 0.4) is 0 Å². The van der Waals surface area contributed by atoms with Crippen molar-refractivity contribution in [1.82, 2.24) is 10.2 Å². The highest BCUT2D eigenvalue weighted by Gasteiger charge is 2.08. The van der Waals surface area contributed by atoms with E-state index in [2.05, 4.69) is 38.3 Å². The predicted octanol–water partition coefficient (Wildman–Crippen LogP) is 4.93. The average molecular weight is 361 g/mol. The van der Waals surface area contributed by atoms with Crippen molar-refractivity contribution < 1.29 is 4.42 Å². The fraction of sp³-hybridized carbons (Fsp3) is 0.125. The molecule has 3 nitrogen and oxygen atoms in total. The van der Waals surface area contributed by atoms with Crippen LogP contribution in [0.4, 0.5) is 0 Å². The van der Waals surface area contributed by atoms with E-state index in [1.54, 1.807) is 11.8 Å². The molecule has 3 aromatic rings. The van der Waals surface area contributed by atoms with Crippen LogP contribution < -0.4 is 0 Å². The molecule has 0 fully saturated rings. The van der Waals surface area contributed by atoms with Crippen LogP contribution in [0.1, 0.15) is 11.5 Å². The number of hydrogen-bond donors (Lipinski definition) is 0. The highest BCUT2D eigenvalue weighted by Crippen LogP contribution is 2.23. The Hall–Kier alpha value is -1.59. The molecule has 0 unspecified atom stereocenters. The summed E-state index contributed by atoms with van der Waals surface area (Å²) >= 11 is 5.21. The number of thioether (sulfide) groups is 1. The van der Waals surface area contributed by atoms with Gasteiger partial charge in [-0.2, -0.15) is 0 Å². The van der Waals surface area contributed by atoms with Crippen LogP contribution in [-0.4, -0.2) is 10.2 Å². The van der Waals surface area contributed by atoms with E-state index >= 15 is 0 Å². The average Bonchev–Trinajstić information content (AvgIpc) is 2.97. The van der Waals surface area contributed by atoms with Gasteiger partial charge in [-0.15, -0.1) is 22.0 Å². The second kappa shape index (κ2) is 6.91. The highest BCUT2D eigenvalue weighted by molar-refractivity contribution is 9.10. The zero-order chi connectivity index (χ0) is 14.5. The molecule has 106 valence electrons. The first-order valence-electron chi connectivity index (χ1n) is 6.51. The lowest BCUT2D eigenvalue weighted by Gasteiger charge is -1.98. The third kappa shape index (κ3) is 3.95. The Morgan fingerprint density at radius 2 is 1.81 bits per heavy atom. The molecular formula is C16H13BrN2OS. The molecule has 0 saturated heterocycles. The summed E-state index contributed by atoms with van der Waals surface area (Å²) in [4.78, 5) is 0. The quantitative estimate of drug-likeness (QED) is 0.646. The summed E-state index contributed by atoms with van der Waals surface area (Å²) in [5.74, 6) is 2.88. The van der Waals surface area contributed by atoms with Crippen molar-refractivity contribution in [3.8, 4) is 11.5 Å². The van der Waals surface area contributed by atoms with E-state index in [1.807, 2.05) is 42.5 Å². The van der Waals surface area contributed by atoms with E-state index in [9.17, 15) is 0 Å². The van der Waals surface area contributed by atoms with E-state index in [-0.39, 0.29) is 0 Å². The molecule has 3 rings (SSSR count). The van der Waals surface area contributed by atoms with Crippen molar-refractivity contribution in [3.63, 3.8) is 0 Å². The van der Waals surface area contributed by atoms with Crippen LogP contribution in [0, 0.1) is 0 Å². The van der Waals surface area contributed by atoms with Crippen molar-refractivity contribution in [2.24, 2.45) is 0 Å². The van der Waals surface area contributed by atoms with E-state index in [1.165, 1.54) is 5.56 Å². The molecule has 0 radical (unpaired) electrons. The molecule has 0 aliphatic carbocycles. The lowest BCUT2D eigenvalue weighted by molar-refractivity contribution is 0.528. The Morgan fingerprint density at radius 1 is 0.952 bits per heavy atom. The lowest BCUT2D eigenvalue weighted by atomic mass is 10.2. The Kier molecular flexibility index (Phi) is 4.72. The van der Waals surface area contributed by atoms with Crippen molar-refractivity contribution in [2.45, 2.75) is 11.5 Å². The minimum absolute atomic E-state index is 0.562. The SMILES string of the molecule is Brc1cccc(-c2nnc(CSCc3ccccc3)o2)c1. The first-order valence-corrected chi connectivity index (χ1v) is 8.46. The van der Waals surface area contributed by atoms with Crippen molar-refractivity contribution in [1.29, 1.82) is 0 Å². The zero-order valence-corrected chi connectivity index (χ0v) is 13.6. The number of rotatable bonds is 5. The third-order valence-corrected chi connectivity index (χ3v) is 4.36. The van der Waals surface area contributed by atoms with E-state index in [0.717, 1.165) is 21.5 Å². The van der Waals surface area contributed by atoms with Gasteiger partial charge in [0.15, 0.2) is 0 Å². The van der Waals surface area contributed by atoms with Crippen molar-refractivity contribution in [3.05, 3.63) is 70.5 Å². The summed E-state index contributed by atoms with van der Waals surface area (Å²) in [5, 5.41) is 8.20. The molecule has 0 atom stereocenters. The Morgan fingerprint density at radius 3 is 2.62 bits per heavy atom. The molecule has 0 aliphatic heterocycles. The Labute approximate surface area is 135 Å². The van der Waals surface area contributed by atoms with Gasteiger partial charge in [0.25, 0.3) is 0 Å². The molecule has 2 aromatic carbocycles. The van der Waals surface area contributed by atoms with Gasteiger partial charge < -0.3 is 4.42 Å². The number of benzene rings is 2. The largest absolute Gasteiger partial charge is 0.420 e.